The highest BCUT2D eigenvalue weighted by Gasteiger charge is 2.46. The Bertz CT molecular complexity index is 5210. The third-order valence-electron chi connectivity index (χ3n) is 15.0. The lowest BCUT2D eigenvalue weighted by Crippen LogP contribution is -2.60. The number of fused-ring (bicyclic) bond motifs is 6. The molecule has 0 saturated carbocycles. The number of hydrogen-bond donors (Lipinski definition) is 0. The number of hydrogen-bond acceptors (Lipinski definition) is 4. The van der Waals surface area contributed by atoms with Crippen molar-refractivity contribution in [3.63, 3.8) is 0 Å². The Kier molecular flexibility index (Phi) is 7.91. The fraction of sp³-hybridized carbons (Fsp3) is 0.162. The van der Waals surface area contributed by atoms with Crippen LogP contribution in [0.15, 0.2) is 236 Å². The Morgan fingerprint density at radius 2 is 0.975 bits per heavy atom. The molecule has 0 radical (unpaired) electrons. The van der Waals surface area contributed by atoms with Gasteiger partial charge in [-0.05, 0) is 145 Å². The largest absolute Gasteiger partial charge is 0.311 e. The molecule has 0 bridgehead atoms. The maximum Gasteiger partial charge on any atom is 0.264 e. The van der Waals surface area contributed by atoms with E-state index in [4.69, 9.17) is 16.4 Å². The van der Waals surface area contributed by atoms with Crippen LogP contribution in [0.5, 0.6) is 0 Å². The molecule has 3 nitrogen and oxygen atoms in total. The molecule has 386 valence electrons. The van der Waals surface area contributed by atoms with E-state index in [-0.39, 0.29) is 67.0 Å². The second-order valence-electron chi connectivity index (χ2n) is 23.2. The summed E-state index contributed by atoms with van der Waals surface area (Å²) in [4.78, 5) is 5.42. The van der Waals surface area contributed by atoms with E-state index < -0.39 is 133 Å². The molecule has 0 amide bonds. The van der Waals surface area contributed by atoms with Gasteiger partial charge in [-0.3, -0.25) is 0 Å². The second kappa shape index (κ2) is 19.2. The molecule has 5 heteroatoms. The Hall–Kier alpha value is -8.38. The highest BCUT2D eigenvalue weighted by Crippen LogP contribution is 2.53. The van der Waals surface area contributed by atoms with E-state index in [0.717, 1.165) is 37.4 Å². The minimum absolute atomic E-state index is 0.0304. The van der Waals surface area contributed by atoms with Crippen molar-refractivity contribution >= 4 is 95.0 Å². The Morgan fingerprint density at radius 3 is 1.61 bits per heavy atom. The van der Waals surface area contributed by atoms with Crippen LogP contribution >= 0.6 is 11.3 Å². The van der Waals surface area contributed by atoms with E-state index in [2.05, 4.69) is 76.8 Å². The van der Waals surface area contributed by atoms with E-state index in [9.17, 15) is 11.0 Å². The molecule has 0 saturated heterocycles. The molecule has 0 spiro atoms. The van der Waals surface area contributed by atoms with Crippen LogP contribution in [0, 0.1) is 0 Å². The fourth-order valence-electron chi connectivity index (χ4n) is 11.0. The molecule has 0 atom stereocenters. The first kappa shape index (κ1) is 32.5. The SMILES string of the molecule is [2H]c1c([2H])c([2H])c(-c2cc3c4c(c2)N(c2ccc(C(C)(C)C)cc2)c2c(sc5ccc(C(C)(C)C)cc25)B4c2ccc(N(c4ccccc4-c4c([2H])c([2H])c([2H])c([2H])c4[2H])c4c([2H])c([2H])c([2H])c([2H])c4[2H])cc2N3c2ccc(C(C)(C)C)cc2-c2c([2H])c([2H])c([2H])c([2H])c2[2H])c([2H])c1[2H]. The number of para-hydroxylation sites is 2. The Morgan fingerprint density at radius 1 is 0.430 bits per heavy atom. The summed E-state index contributed by atoms with van der Waals surface area (Å²) < 4.78 is 186. The lowest BCUT2D eigenvalue weighted by atomic mass is 9.36. The van der Waals surface area contributed by atoms with Crippen LogP contribution in [-0.2, 0) is 16.2 Å². The van der Waals surface area contributed by atoms with E-state index in [1.165, 1.54) is 11.0 Å². The average Bonchev–Trinajstić information content (AvgIpc) is 1.68. The van der Waals surface area contributed by atoms with Gasteiger partial charge < -0.3 is 14.7 Å². The number of anilines is 9. The van der Waals surface area contributed by atoms with Crippen LogP contribution in [0.1, 0.15) is 106 Å². The molecule has 2 aliphatic rings. The smallest absolute Gasteiger partial charge is 0.264 e. The molecule has 0 unspecified atom stereocenters. The average molecular weight is 1060 g/mol. The van der Waals surface area contributed by atoms with Crippen molar-refractivity contribution in [3.8, 4) is 33.4 Å². The summed E-state index contributed by atoms with van der Waals surface area (Å²) in [5.41, 5.74) is 5.41. The van der Waals surface area contributed by atoms with Crippen LogP contribution in [0.3, 0.4) is 0 Å². The predicted molar refractivity (Wildman–Crippen MR) is 343 cm³/mol. The number of thiophene rings is 1. The van der Waals surface area contributed by atoms with Gasteiger partial charge >= 0.3 is 0 Å². The zero-order valence-electron chi connectivity index (χ0n) is 65.3. The van der Waals surface area contributed by atoms with Crippen LogP contribution in [0.2, 0.25) is 0 Å². The predicted octanol–water partition coefficient (Wildman–Crippen LogP) is 19.3. The van der Waals surface area contributed by atoms with E-state index in [1.54, 1.807) is 59.9 Å². The fourth-order valence-corrected chi connectivity index (χ4v) is 12.3. The number of nitrogens with zero attached hydrogens (tertiary/aromatic N) is 3. The van der Waals surface area contributed by atoms with Gasteiger partial charge in [-0.25, -0.2) is 0 Å². The van der Waals surface area contributed by atoms with Crippen LogP contribution in [-0.4, -0.2) is 6.71 Å². The van der Waals surface area contributed by atoms with Crippen LogP contribution < -0.4 is 30.4 Å². The minimum Gasteiger partial charge on any atom is -0.311 e. The highest BCUT2D eigenvalue weighted by molar-refractivity contribution is 7.33. The maximum atomic E-state index is 9.72. The molecule has 1 aromatic heterocycles. The zero-order valence-corrected chi connectivity index (χ0v) is 46.1. The number of rotatable bonds is 8. The lowest BCUT2D eigenvalue weighted by Gasteiger charge is -2.44. The standard InChI is InChI=1S/C74H66BN3S/c1-72(2,3)53-34-38-57(39-35-53)77-66-44-52(49-24-14-10-15-25-49)45-67-69(66)75(71-70(77)61-47-55(74(7,8)9)37-43-68(61)79-71)62-41-40-58(76(56-30-20-13-21-31-56)63-33-23-22-32-59(63)50-26-16-11-17-27-50)48-65(62)78(67)64-42-36-54(73(4,5)6)46-60(64)51-28-18-12-19-29-51/h10-48H,1-9H3/i10D,11D,12D,13D,14D,15D,16D,17D,18D,19D,20D,21D,24D,25D,26D,27D,28D,29D,30D,31D. The summed E-state index contributed by atoms with van der Waals surface area (Å²) in [6, 6.07) is 23.2. The van der Waals surface area contributed by atoms with Crippen molar-refractivity contribution in [1.29, 1.82) is 0 Å². The van der Waals surface area contributed by atoms with Gasteiger partial charge in [-0.2, -0.15) is 0 Å². The topological polar surface area (TPSA) is 9.72 Å². The molecule has 0 aliphatic carbocycles. The number of benzene rings is 10. The first-order valence-electron chi connectivity index (χ1n) is 36.3. The van der Waals surface area contributed by atoms with Crippen molar-refractivity contribution < 1.29 is 27.4 Å². The first-order valence-corrected chi connectivity index (χ1v) is 27.1. The molecular formula is C74H66BN3S. The van der Waals surface area contributed by atoms with E-state index in [1.807, 2.05) is 56.0 Å². The molecule has 3 heterocycles. The van der Waals surface area contributed by atoms with Gasteiger partial charge in [0.05, 0.1) is 44.5 Å². The van der Waals surface area contributed by atoms with Crippen molar-refractivity contribution in [2.75, 3.05) is 14.7 Å². The summed E-state index contributed by atoms with van der Waals surface area (Å²) in [6.07, 6.45) is 0. The molecule has 10 aromatic carbocycles. The van der Waals surface area contributed by atoms with Crippen molar-refractivity contribution in [3.05, 3.63) is 253 Å². The van der Waals surface area contributed by atoms with Gasteiger partial charge in [-0.1, -0.05) is 220 Å². The van der Waals surface area contributed by atoms with Gasteiger partial charge in [0.1, 0.15) is 0 Å². The summed E-state index contributed by atoms with van der Waals surface area (Å²) in [6.45, 7) is 18.0. The van der Waals surface area contributed by atoms with Crippen molar-refractivity contribution in [2.24, 2.45) is 0 Å². The third kappa shape index (κ3) is 8.85. The molecule has 79 heavy (non-hydrogen) atoms. The van der Waals surface area contributed by atoms with Gasteiger partial charge in [0.2, 0.25) is 0 Å². The van der Waals surface area contributed by atoms with Crippen LogP contribution in [0.25, 0.3) is 43.5 Å². The van der Waals surface area contributed by atoms with Gasteiger partial charge in [0.25, 0.3) is 6.71 Å². The van der Waals surface area contributed by atoms with Gasteiger partial charge in [0.15, 0.2) is 0 Å². The summed E-state index contributed by atoms with van der Waals surface area (Å²) >= 11 is 1.57. The van der Waals surface area contributed by atoms with Gasteiger partial charge in [0, 0.05) is 60.1 Å². The minimum atomic E-state index is -0.759. The van der Waals surface area contributed by atoms with E-state index >= 15 is 0 Å². The second-order valence-corrected chi connectivity index (χ2v) is 24.2. The van der Waals surface area contributed by atoms with Crippen molar-refractivity contribution in [1.82, 2.24) is 0 Å². The monoisotopic (exact) mass is 1060 g/mol. The van der Waals surface area contributed by atoms with Crippen molar-refractivity contribution in [2.45, 2.75) is 78.6 Å². The van der Waals surface area contributed by atoms with E-state index in [0.29, 0.717) is 33.6 Å². The normalized spacial score (nSPS) is 16.6. The first-order chi connectivity index (χ1) is 46.4. The molecule has 2 aliphatic heterocycles. The lowest BCUT2D eigenvalue weighted by molar-refractivity contribution is 0.590. The van der Waals surface area contributed by atoms with Crippen LogP contribution in [0.4, 0.5) is 51.2 Å². The highest BCUT2D eigenvalue weighted by atomic mass is 32.1. The molecule has 0 fully saturated rings. The Balaban J connectivity index is 1.26. The quantitative estimate of drug-likeness (QED) is 0.140. The maximum absolute atomic E-state index is 9.72. The summed E-state index contributed by atoms with van der Waals surface area (Å²) in [7, 11) is 0. The Labute approximate surface area is 500 Å². The third-order valence-corrected chi connectivity index (χ3v) is 16.3. The summed E-state index contributed by atoms with van der Waals surface area (Å²) in [5, 5.41) is 0.890. The summed E-state index contributed by atoms with van der Waals surface area (Å²) in [5.74, 6) is 0. The molecular weight excluding hydrogens is 974 g/mol. The molecule has 13 rings (SSSR count). The molecule has 11 aromatic rings. The zero-order chi connectivity index (χ0) is 71.8. The molecule has 0 N–H and O–H groups in total. The van der Waals surface area contributed by atoms with Gasteiger partial charge in [-0.15, -0.1) is 11.3 Å².